The zero-order valence-corrected chi connectivity index (χ0v) is 8.30. The van der Waals surface area contributed by atoms with E-state index in [0.29, 0.717) is 19.4 Å². The van der Waals surface area contributed by atoms with E-state index in [9.17, 15) is 18.3 Å². The molecule has 0 bridgehead atoms. The van der Waals surface area contributed by atoms with Crippen molar-refractivity contribution < 1.29 is 23.4 Å². The minimum atomic E-state index is -4.55. The highest BCUT2D eigenvalue weighted by Crippen LogP contribution is 2.24. The Hall–Kier alpha value is -0.330. The number of halogens is 3. The van der Waals surface area contributed by atoms with Crippen molar-refractivity contribution in [2.24, 2.45) is 5.92 Å². The van der Waals surface area contributed by atoms with Crippen LogP contribution in [-0.2, 0) is 0 Å². The average Bonchev–Trinajstić information content (AvgIpc) is 2.49. The molecule has 15 heavy (non-hydrogen) atoms. The van der Waals surface area contributed by atoms with Crippen molar-refractivity contribution in [1.29, 1.82) is 0 Å². The highest BCUT2D eigenvalue weighted by atomic mass is 19.4. The maximum absolute atomic E-state index is 11.9. The first-order valence-electron chi connectivity index (χ1n) is 5.03. The number of hydrogen-bond acceptors (Lipinski definition) is 3. The molecular formula is C9H16F3NO2. The van der Waals surface area contributed by atoms with Gasteiger partial charge in [0.05, 0.1) is 6.10 Å². The summed E-state index contributed by atoms with van der Waals surface area (Å²) in [5.41, 5.74) is 0. The van der Waals surface area contributed by atoms with E-state index >= 15 is 0 Å². The van der Waals surface area contributed by atoms with Gasteiger partial charge in [0, 0.05) is 6.54 Å². The molecule has 1 aliphatic rings. The summed E-state index contributed by atoms with van der Waals surface area (Å²) in [7, 11) is 0. The fourth-order valence-corrected chi connectivity index (χ4v) is 1.77. The Morgan fingerprint density at radius 3 is 2.47 bits per heavy atom. The molecule has 0 aromatic rings. The minimum Gasteiger partial charge on any atom is -0.393 e. The molecule has 0 aromatic heterocycles. The normalized spacial score (nSPS) is 29.4. The molecule has 0 amide bonds. The zero-order chi connectivity index (χ0) is 11.5. The van der Waals surface area contributed by atoms with E-state index in [0.717, 1.165) is 6.42 Å². The average molecular weight is 227 g/mol. The maximum atomic E-state index is 11.9. The van der Waals surface area contributed by atoms with Crippen molar-refractivity contribution in [2.45, 2.75) is 37.6 Å². The van der Waals surface area contributed by atoms with Crippen LogP contribution in [0.3, 0.4) is 0 Å². The lowest BCUT2D eigenvalue weighted by atomic mass is 10.1. The van der Waals surface area contributed by atoms with Crippen LogP contribution in [0.15, 0.2) is 0 Å². The Kier molecular flexibility index (Phi) is 4.36. The number of hydrogen-bond donors (Lipinski definition) is 3. The van der Waals surface area contributed by atoms with Crippen LogP contribution in [0.4, 0.5) is 13.2 Å². The van der Waals surface area contributed by atoms with Crippen molar-refractivity contribution >= 4 is 0 Å². The summed E-state index contributed by atoms with van der Waals surface area (Å²) in [4.78, 5) is 0. The smallest absolute Gasteiger partial charge is 0.393 e. The third-order valence-electron chi connectivity index (χ3n) is 2.66. The number of rotatable bonds is 4. The minimum absolute atomic E-state index is 0.223. The zero-order valence-electron chi connectivity index (χ0n) is 8.30. The van der Waals surface area contributed by atoms with E-state index in [4.69, 9.17) is 5.11 Å². The van der Waals surface area contributed by atoms with Gasteiger partial charge in [-0.2, -0.15) is 13.2 Å². The number of aliphatic hydroxyl groups is 2. The Balaban J connectivity index is 2.11. The summed E-state index contributed by atoms with van der Waals surface area (Å²) in [5, 5.41) is 20.4. The van der Waals surface area contributed by atoms with Gasteiger partial charge in [0.25, 0.3) is 0 Å². The van der Waals surface area contributed by atoms with Crippen LogP contribution in [0.2, 0.25) is 0 Å². The fourth-order valence-electron chi connectivity index (χ4n) is 1.77. The molecule has 0 aliphatic heterocycles. The molecule has 0 spiro atoms. The second-order valence-corrected chi connectivity index (χ2v) is 4.05. The predicted molar refractivity (Wildman–Crippen MR) is 48.3 cm³/mol. The summed E-state index contributed by atoms with van der Waals surface area (Å²) in [6, 6.07) is 0. The second-order valence-electron chi connectivity index (χ2n) is 4.05. The van der Waals surface area contributed by atoms with Gasteiger partial charge in [-0.3, -0.25) is 0 Å². The Labute approximate surface area is 86.3 Å². The number of aliphatic hydroxyl groups excluding tert-OH is 2. The van der Waals surface area contributed by atoms with Crippen molar-refractivity contribution in [2.75, 3.05) is 13.1 Å². The first kappa shape index (κ1) is 12.7. The van der Waals surface area contributed by atoms with Crippen LogP contribution in [0.25, 0.3) is 0 Å². The third kappa shape index (κ3) is 4.36. The number of alkyl halides is 3. The molecule has 90 valence electrons. The summed E-state index contributed by atoms with van der Waals surface area (Å²) >= 11 is 0. The first-order valence-corrected chi connectivity index (χ1v) is 5.03. The van der Waals surface area contributed by atoms with E-state index in [1.165, 1.54) is 0 Å². The van der Waals surface area contributed by atoms with Crippen molar-refractivity contribution in [3.63, 3.8) is 0 Å². The maximum Gasteiger partial charge on any atom is 0.415 e. The fraction of sp³-hybridized carbons (Fsp3) is 1.00. The van der Waals surface area contributed by atoms with Gasteiger partial charge in [0.15, 0.2) is 6.10 Å². The summed E-state index contributed by atoms with van der Waals surface area (Å²) < 4.78 is 35.6. The molecule has 3 nitrogen and oxygen atoms in total. The molecule has 0 heterocycles. The topological polar surface area (TPSA) is 52.5 Å². The van der Waals surface area contributed by atoms with Gasteiger partial charge in [0.1, 0.15) is 0 Å². The Morgan fingerprint density at radius 1 is 1.33 bits per heavy atom. The van der Waals surface area contributed by atoms with Gasteiger partial charge in [-0.25, -0.2) is 0 Å². The molecule has 3 N–H and O–H groups in total. The summed E-state index contributed by atoms with van der Waals surface area (Å²) in [5.74, 6) is 0.223. The molecule has 1 saturated carbocycles. The van der Waals surface area contributed by atoms with E-state index in [1.54, 1.807) is 0 Å². The largest absolute Gasteiger partial charge is 0.415 e. The van der Waals surface area contributed by atoms with Gasteiger partial charge >= 0.3 is 6.18 Å². The second kappa shape index (κ2) is 5.14. The molecule has 0 saturated heterocycles. The highest BCUT2D eigenvalue weighted by molar-refractivity contribution is 4.77. The summed E-state index contributed by atoms with van der Waals surface area (Å²) in [6.07, 6.45) is -4.99. The number of nitrogens with one attached hydrogen (secondary N) is 1. The van der Waals surface area contributed by atoms with Crippen molar-refractivity contribution in [1.82, 2.24) is 5.32 Å². The van der Waals surface area contributed by atoms with Gasteiger partial charge in [0.2, 0.25) is 0 Å². The lowest BCUT2D eigenvalue weighted by molar-refractivity contribution is -0.201. The van der Waals surface area contributed by atoms with Crippen LogP contribution in [0.1, 0.15) is 19.3 Å². The lowest BCUT2D eigenvalue weighted by Gasteiger charge is -2.16. The van der Waals surface area contributed by atoms with Crippen LogP contribution in [0.5, 0.6) is 0 Å². The van der Waals surface area contributed by atoms with E-state index in [-0.39, 0.29) is 12.0 Å². The van der Waals surface area contributed by atoms with Crippen LogP contribution in [-0.4, -0.2) is 41.7 Å². The van der Waals surface area contributed by atoms with E-state index in [1.807, 2.05) is 0 Å². The predicted octanol–water partition coefficient (Wildman–Crippen LogP) is 0.660. The van der Waals surface area contributed by atoms with Crippen LogP contribution < -0.4 is 5.32 Å². The molecule has 6 heteroatoms. The van der Waals surface area contributed by atoms with Gasteiger partial charge < -0.3 is 15.5 Å². The summed E-state index contributed by atoms with van der Waals surface area (Å²) in [6.45, 7) is -0.0553. The standard InChI is InChI=1S/C9H16F3NO2/c10-9(11,12)8(15)5-13-4-6-1-2-7(14)3-6/h6-8,13-15H,1-5H2. The molecule has 1 rings (SSSR count). The van der Waals surface area contributed by atoms with E-state index < -0.39 is 18.8 Å². The molecule has 3 atom stereocenters. The molecule has 0 radical (unpaired) electrons. The van der Waals surface area contributed by atoms with Gasteiger partial charge in [-0.15, -0.1) is 0 Å². The molecular weight excluding hydrogens is 211 g/mol. The SMILES string of the molecule is OC1CCC(CNCC(O)C(F)(F)F)C1. The molecule has 1 aliphatic carbocycles. The lowest BCUT2D eigenvalue weighted by Crippen LogP contribution is -2.39. The van der Waals surface area contributed by atoms with Crippen LogP contribution in [0, 0.1) is 5.92 Å². The van der Waals surface area contributed by atoms with Crippen molar-refractivity contribution in [3.8, 4) is 0 Å². The quantitative estimate of drug-likeness (QED) is 0.661. The highest BCUT2D eigenvalue weighted by Gasteiger charge is 2.37. The molecule has 3 unspecified atom stereocenters. The Bertz CT molecular complexity index is 198. The monoisotopic (exact) mass is 227 g/mol. The first-order chi connectivity index (χ1) is 6.89. The molecule has 0 aromatic carbocycles. The van der Waals surface area contributed by atoms with Crippen molar-refractivity contribution in [3.05, 3.63) is 0 Å². The third-order valence-corrected chi connectivity index (χ3v) is 2.66. The van der Waals surface area contributed by atoms with E-state index in [2.05, 4.69) is 5.32 Å². The van der Waals surface area contributed by atoms with Gasteiger partial charge in [-0.05, 0) is 31.7 Å². The van der Waals surface area contributed by atoms with Gasteiger partial charge in [-0.1, -0.05) is 0 Å². The molecule has 1 fully saturated rings. The van der Waals surface area contributed by atoms with Crippen LogP contribution >= 0.6 is 0 Å². The Morgan fingerprint density at radius 2 is 2.00 bits per heavy atom.